The Bertz CT molecular complexity index is 1070. The van der Waals surface area contributed by atoms with Gasteiger partial charge >= 0.3 is 0 Å². The number of halogens is 2. The Labute approximate surface area is 217 Å². The molecule has 1 atom stereocenters. The molecule has 2 saturated heterocycles. The summed E-state index contributed by atoms with van der Waals surface area (Å²) in [7, 11) is 0. The van der Waals surface area contributed by atoms with Gasteiger partial charge in [-0.05, 0) is 75.4 Å². The smallest absolute Gasteiger partial charge is 0.256 e. The minimum Gasteiger partial charge on any atom is -0.492 e. The maximum atomic E-state index is 14.8. The molecule has 9 heteroatoms. The van der Waals surface area contributed by atoms with Crippen LogP contribution in [0.15, 0.2) is 41.7 Å². The molecule has 1 aromatic carbocycles. The molecule has 0 unspecified atom stereocenters. The highest BCUT2D eigenvalue weighted by Gasteiger charge is 2.31. The molecule has 2 aromatic rings. The van der Waals surface area contributed by atoms with Gasteiger partial charge in [0.15, 0.2) is 0 Å². The summed E-state index contributed by atoms with van der Waals surface area (Å²) in [6, 6.07) is 7.59. The van der Waals surface area contributed by atoms with E-state index in [9.17, 15) is 18.5 Å². The number of hydrogen-bond donors (Lipinski definition) is 0. The van der Waals surface area contributed by atoms with Gasteiger partial charge in [-0.2, -0.15) is 4.91 Å². The van der Waals surface area contributed by atoms with E-state index in [4.69, 9.17) is 4.74 Å². The average molecular weight is 515 g/mol. The van der Waals surface area contributed by atoms with E-state index >= 15 is 0 Å². The Kier molecular flexibility index (Phi) is 8.84. The van der Waals surface area contributed by atoms with Gasteiger partial charge in [0.25, 0.3) is 5.91 Å². The summed E-state index contributed by atoms with van der Waals surface area (Å²) in [6.45, 7) is 7.30. The third kappa shape index (κ3) is 6.69. The van der Waals surface area contributed by atoms with Crippen molar-refractivity contribution in [2.75, 3.05) is 39.3 Å². The zero-order valence-electron chi connectivity index (χ0n) is 21.7. The molecule has 0 aliphatic carbocycles. The number of nitrogens with zero attached hydrogens (tertiary/aromatic N) is 4. The number of rotatable bonds is 10. The van der Waals surface area contributed by atoms with Crippen LogP contribution >= 0.6 is 0 Å². The van der Waals surface area contributed by atoms with Crippen molar-refractivity contribution >= 4 is 5.91 Å². The molecule has 200 valence electrons. The highest BCUT2D eigenvalue weighted by atomic mass is 19.1. The number of amides is 1. The van der Waals surface area contributed by atoms with Crippen molar-refractivity contribution in [1.82, 2.24) is 14.8 Å². The summed E-state index contributed by atoms with van der Waals surface area (Å²) in [6.07, 6.45) is 5.17. The van der Waals surface area contributed by atoms with Crippen LogP contribution < -0.4 is 4.74 Å². The predicted octanol–water partition coefficient (Wildman–Crippen LogP) is 5.49. The molecule has 1 aromatic heterocycles. The van der Waals surface area contributed by atoms with Gasteiger partial charge in [0.1, 0.15) is 23.3 Å². The third-order valence-corrected chi connectivity index (χ3v) is 7.80. The molecule has 0 bridgehead atoms. The zero-order valence-corrected chi connectivity index (χ0v) is 21.7. The van der Waals surface area contributed by atoms with Crippen LogP contribution in [0.3, 0.4) is 0 Å². The summed E-state index contributed by atoms with van der Waals surface area (Å²) in [5.41, 5.74) is 0.0151. The summed E-state index contributed by atoms with van der Waals surface area (Å²) < 4.78 is 35.4. The highest BCUT2D eigenvalue weighted by Crippen LogP contribution is 2.27. The Morgan fingerprint density at radius 2 is 1.89 bits per heavy atom. The van der Waals surface area contributed by atoms with Gasteiger partial charge in [0.2, 0.25) is 0 Å². The van der Waals surface area contributed by atoms with Crippen LogP contribution in [0.25, 0.3) is 11.3 Å². The molecule has 1 amide bonds. The van der Waals surface area contributed by atoms with Gasteiger partial charge in [-0.3, -0.25) is 9.78 Å². The van der Waals surface area contributed by atoms with Crippen LogP contribution in [0.2, 0.25) is 0 Å². The summed E-state index contributed by atoms with van der Waals surface area (Å²) in [4.78, 5) is 31.4. The van der Waals surface area contributed by atoms with Gasteiger partial charge < -0.3 is 14.5 Å². The number of carbonyl (C=O) groups excluding carboxylic acids is 1. The van der Waals surface area contributed by atoms with E-state index in [0.29, 0.717) is 61.9 Å². The zero-order chi connectivity index (χ0) is 26.4. The lowest BCUT2D eigenvalue weighted by Crippen LogP contribution is -2.44. The Balaban J connectivity index is 1.28. The SMILES string of the molecule is CCC(F)(CC)CN1CCC(COc2ccc(-c3ccc(C(=O)N4CC[C@H](N=O)C4)c(F)c3)nc2)CC1. The molecule has 0 spiro atoms. The van der Waals surface area contributed by atoms with Crippen LogP contribution in [0, 0.1) is 16.6 Å². The van der Waals surface area contributed by atoms with Crippen molar-refractivity contribution in [2.24, 2.45) is 11.1 Å². The van der Waals surface area contributed by atoms with Crippen LogP contribution in [0.1, 0.15) is 56.3 Å². The summed E-state index contributed by atoms with van der Waals surface area (Å²) >= 11 is 0. The molecular weight excluding hydrogens is 478 g/mol. The van der Waals surface area contributed by atoms with Crippen LogP contribution in [-0.2, 0) is 0 Å². The first-order valence-electron chi connectivity index (χ1n) is 13.3. The fourth-order valence-electron chi connectivity index (χ4n) is 5.07. The van der Waals surface area contributed by atoms with Crippen LogP contribution in [0.4, 0.5) is 8.78 Å². The number of piperidine rings is 1. The standard InChI is InChI=1S/C28H36F2N4O3/c1-3-28(30,4-2)19-33-12-9-20(10-13-33)18-37-23-6-8-26(31-16-23)21-5-7-24(25(29)15-21)27(35)34-14-11-22(17-34)32-36/h5-8,15-16,20,22H,3-4,9-14,17-19H2,1-2H3/t22-/m0/s1. The Hall–Kier alpha value is -2.94. The number of benzene rings is 1. The molecule has 0 radical (unpaired) electrons. The minimum atomic E-state index is -1.10. The second-order valence-corrected chi connectivity index (χ2v) is 10.3. The molecular formula is C28H36F2N4O3. The molecule has 2 fully saturated rings. The summed E-state index contributed by atoms with van der Waals surface area (Å²) in [5.74, 6) is 0.00461. The van der Waals surface area contributed by atoms with Gasteiger partial charge in [0.05, 0.1) is 24.1 Å². The number of likely N-dealkylation sites (tertiary alicyclic amines) is 2. The Morgan fingerprint density at radius 1 is 1.14 bits per heavy atom. The number of alkyl halides is 1. The fourth-order valence-corrected chi connectivity index (χ4v) is 5.07. The van der Waals surface area contributed by atoms with Gasteiger partial charge in [-0.25, -0.2) is 8.78 Å². The van der Waals surface area contributed by atoms with E-state index in [1.807, 2.05) is 19.9 Å². The molecule has 2 aliphatic heterocycles. The number of pyridine rings is 1. The second kappa shape index (κ2) is 12.1. The maximum absolute atomic E-state index is 14.8. The van der Waals surface area contributed by atoms with Gasteiger partial charge in [0, 0.05) is 25.2 Å². The molecule has 3 heterocycles. The van der Waals surface area contributed by atoms with E-state index in [2.05, 4.69) is 15.1 Å². The normalized spacial score (nSPS) is 19.2. The molecule has 0 saturated carbocycles. The van der Waals surface area contributed by atoms with Crippen LogP contribution in [-0.4, -0.2) is 71.7 Å². The van der Waals surface area contributed by atoms with Gasteiger partial charge in [-0.15, -0.1) is 0 Å². The van der Waals surface area contributed by atoms with Crippen molar-refractivity contribution in [3.63, 3.8) is 0 Å². The number of ether oxygens (including phenoxy) is 1. The lowest BCUT2D eigenvalue weighted by Gasteiger charge is -2.36. The highest BCUT2D eigenvalue weighted by molar-refractivity contribution is 5.95. The van der Waals surface area contributed by atoms with Crippen molar-refractivity contribution in [1.29, 1.82) is 0 Å². The second-order valence-electron chi connectivity index (χ2n) is 10.3. The lowest BCUT2D eigenvalue weighted by molar-refractivity contribution is 0.0568. The molecule has 37 heavy (non-hydrogen) atoms. The van der Waals surface area contributed by atoms with Crippen molar-refractivity contribution in [3.8, 4) is 17.0 Å². The number of hydrogen-bond acceptors (Lipinski definition) is 6. The Morgan fingerprint density at radius 3 is 2.49 bits per heavy atom. The molecule has 7 nitrogen and oxygen atoms in total. The number of aromatic nitrogens is 1. The predicted molar refractivity (Wildman–Crippen MR) is 139 cm³/mol. The summed E-state index contributed by atoms with van der Waals surface area (Å²) in [5, 5.41) is 2.99. The monoisotopic (exact) mass is 514 g/mol. The fraction of sp³-hybridized carbons (Fsp3) is 0.571. The quantitative estimate of drug-likeness (QED) is 0.392. The molecule has 0 N–H and O–H groups in total. The number of carbonyl (C=O) groups is 1. The van der Waals surface area contributed by atoms with Crippen molar-refractivity contribution in [3.05, 3.63) is 52.8 Å². The molecule has 4 rings (SSSR count). The van der Waals surface area contributed by atoms with Gasteiger partial charge in [-0.1, -0.05) is 25.1 Å². The van der Waals surface area contributed by atoms with Crippen molar-refractivity contribution in [2.45, 2.75) is 57.7 Å². The topological polar surface area (TPSA) is 75.1 Å². The maximum Gasteiger partial charge on any atom is 0.256 e. The van der Waals surface area contributed by atoms with E-state index in [0.717, 1.165) is 25.9 Å². The lowest BCUT2D eigenvalue weighted by atomic mass is 9.94. The van der Waals surface area contributed by atoms with Crippen molar-refractivity contribution < 1.29 is 18.3 Å². The molecule has 2 aliphatic rings. The van der Waals surface area contributed by atoms with E-state index in [1.54, 1.807) is 18.3 Å². The van der Waals surface area contributed by atoms with E-state index in [1.165, 1.54) is 17.0 Å². The minimum absolute atomic E-state index is 0.0251. The first kappa shape index (κ1) is 27.1. The van der Waals surface area contributed by atoms with Crippen LogP contribution in [0.5, 0.6) is 5.75 Å². The third-order valence-electron chi connectivity index (χ3n) is 7.80. The number of nitroso groups, excluding NO2 is 1. The first-order chi connectivity index (χ1) is 17.8. The average Bonchev–Trinajstić information content (AvgIpc) is 3.42. The van der Waals surface area contributed by atoms with E-state index in [-0.39, 0.29) is 12.1 Å². The largest absolute Gasteiger partial charge is 0.492 e. The first-order valence-corrected chi connectivity index (χ1v) is 13.3. The van der Waals surface area contributed by atoms with E-state index < -0.39 is 23.4 Å².